The molecular weight excluding hydrogens is 343 g/mol. The number of hydrogen-bond donors (Lipinski definition) is 1. The molecule has 1 N–H and O–H groups in total. The number of carbonyl (C=O) groups excluding carboxylic acids is 1. The van der Waals surface area contributed by atoms with Crippen molar-refractivity contribution in [2.45, 2.75) is 6.92 Å². The van der Waals surface area contributed by atoms with Gasteiger partial charge in [-0.15, -0.1) is 0 Å². The number of carbonyl (C=O) groups is 1. The molecule has 0 aromatic heterocycles. The average molecular weight is 353 g/mol. The number of nitrogens with zero attached hydrogens (tertiary/aromatic N) is 1. The molecule has 0 saturated carbocycles. The van der Waals surface area contributed by atoms with Gasteiger partial charge in [-0.3, -0.25) is 14.9 Å². The summed E-state index contributed by atoms with van der Waals surface area (Å²) < 4.78 is 14.0. The van der Waals surface area contributed by atoms with Crippen LogP contribution in [0.1, 0.15) is 15.9 Å². The minimum atomic E-state index is -0.684. The van der Waals surface area contributed by atoms with E-state index < -0.39 is 16.6 Å². The maximum atomic E-state index is 13.8. The number of nitrogens with one attached hydrogen (secondary N) is 1. The fourth-order valence-corrected chi connectivity index (χ4v) is 2.13. The van der Waals surface area contributed by atoms with Gasteiger partial charge in [0.15, 0.2) is 0 Å². The molecule has 0 aliphatic heterocycles. The van der Waals surface area contributed by atoms with Crippen LogP contribution in [0.25, 0.3) is 0 Å². The molecule has 1 amide bonds. The van der Waals surface area contributed by atoms with Crippen LogP contribution in [0, 0.1) is 22.9 Å². The third-order valence-electron chi connectivity index (χ3n) is 2.86. The average Bonchev–Trinajstić information content (AvgIpc) is 2.43. The zero-order valence-electron chi connectivity index (χ0n) is 10.9. The second-order valence-electron chi connectivity index (χ2n) is 4.31. The number of nitro benzene ring substituents is 1. The second-order valence-corrected chi connectivity index (χ2v) is 5.17. The van der Waals surface area contributed by atoms with Gasteiger partial charge in [0, 0.05) is 17.3 Å². The summed E-state index contributed by atoms with van der Waals surface area (Å²) in [5.74, 6) is -1.36. The van der Waals surface area contributed by atoms with Crippen LogP contribution in [0.4, 0.5) is 15.8 Å². The molecule has 2 aromatic rings. The monoisotopic (exact) mass is 352 g/mol. The highest BCUT2D eigenvalue weighted by Gasteiger charge is 2.16. The lowest BCUT2D eigenvalue weighted by molar-refractivity contribution is -0.385. The molecule has 0 saturated heterocycles. The van der Waals surface area contributed by atoms with E-state index in [4.69, 9.17) is 0 Å². The molecule has 0 bridgehead atoms. The Hall–Kier alpha value is -2.28. The Morgan fingerprint density at radius 2 is 2.05 bits per heavy atom. The van der Waals surface area contributed by atoms with Gasteiger partial charge < -0.3 is 5.32 Å². The Labute approximate surface area is 128 Å². The number of nitro groups is 1. The number of hydrogen-bond acceptors (Lipinski definition) is 3. The molecule has 0 heterocycles. The Morgan fingerprint density at radius 1 is 1.33 bits per heavy atom. The molecule has 108 valence electrons. The van der Waals surface area contributed by atoms with Crippen molar-refractivity contribution in [1.82, 2.24) is 0 Å². The Balaban J connectivity index is 2.30. The zero-order valence-corrected chi connectivity index (χ0v) is 12.5. The van der Waals surface area contributed by atoms with E-state index in [0.717, 1.165) is 0 Å². The van der Waals surface area contributed by atoms with Crippen molar-refractivity contribution in [3.8, 4) is 0 Å². The van der Waals surface area contributed by atoms with E-state index in [9.17, 15) is 19.3 Å². The molecule has 0 atom stereocenters. The highest BCUT2D eigenvalue weighted by atomic mass is 79.9. The molecule has 7 heteroatoms. The van der Waals surface area contributed by atoms with Crippen molar-refractivity contribution >= 4 is 33.2 Å². The van der Waals surface area contributed by atoms with Crippen molar-refractivity contribution in [2.75, 3.05) is 5.32 Å². The summed E-state index contributed by atoms with van der Waals surface area (Å²) in [6.07, 6.45) is 0. The van der Waals surface area contributed by atoms with Gasteiger partial charge in [0.05, 0.1) is 15.0 Å². The summed E-state index contributed by atoms with van der Waals surface area (Å²) in [6.45, 7) is 1.59. The molecule has 2 rings (SSSR count). The van der Waals surface area contributed by atoms with Crippen molar-refractivity contribution in [3.63, 3.8) is 0 Å². The smallest absolute Gasteiger partial charge is 0.274 e. The number of amides is 1. The molecule has 0 radical (unpaired) electrons. The SMILES string of the molecule is Cc1ccc(NC(=O)c2cccc(Br)c2F)cc1[N+](=O)[O-]. The standard InChI is InChI=1S/C14H10BrFN2O3/c1-8-5-6-9(7-12(8)18(20)21)17-14(19)10-3-2-4-11(15)13(10)16/h2-7H,1H3,(H,17,19). The van der Waals surface area contributed by atoms with Crippen LogP contribution in [0.2, 0.25) is 0 Å². The van der Waals surface area contributed by atoms with Crippen LogP contribution in [0.15, 0.2) is 40.9 Å². The molecule has 0 spiro atoms. The van der Waals surface area contributed by atoms with Gasteiger partial charge in [0.2, 0.25) is 0 Å². The highest BCUT2D eigenvalue weighted by molar-refractivity contribution is 9.10. The summed E-state index contributed by atoms with van der Waals surface area (Å²) in [5.41, 5.74) is 0.457. The first kappa shape index (κ1) is 15.1. The maximum absolute atomic E-state index is 13.8. The molecule has 0 aliphatic rings. The van der Waals surface area contributed by atoms with Gasteiger partial charge in [0.1, 0.15) is 5.82 Å². The Morgan fingerprint density at radius 3 is 2.71 bits per heavy atom. The first-order valence-electron chi connectivity index (χ1n) is 5.90. The van der Waals surface area contributed by atoms with Crippen LogP contribution in [0.3, 0.4) is 0 Å². The lowest BCUT2D eigenvalue weighted by Gasteiger charge is -2.07. The van der Waals surface area contributed by atoms with E-state index in [1.54, 1.807) is 6.92 Å². The number of benzene rings is 2. The van der Waals surface area contributed by atoms with Crippen molar-refractivity contribution < 1.29 is 14.1 Å². The molecule has 21 heavy (non-hydrogen) atoms. The fourth-order valence-electron chi connectivity index (χ4n) is 1.76. The van der Waals surface area contributed by atoms with Gasteiger partial charge in [-0.1, -0.05) is 12.1 Å². The molecule has 5 nitrogen and oxygen atoms in total. The van der Waals surface area contributed by atoms with Crippen LogP contribution in [-0.2, 0) is 0 Å². The topological polar surface area (TPSA) is 72.2 Å². The summed E-state index contributed by atoms with van der Waals surface area (Å²) in [7, 11) is 0. The molecular formula is C14H10BrFN2O3. The Bertz CT molecular complexity index is 734. The van der Waals surface area contributed by atoms with Crippen LogP contribution >= 0.6 is 15.9 Å². The summed E-state index contributed by atoms with van der Waals surface area (Å²) in [4.78, 5) is 22.3. The first-order chi connectivity index (χ1) is 9.90. The molecule has 2 aromatic carbocycles. The van der Waals surface area contributed by atoms with Gasteiger partial charge in [-0.2, -0.15) is 0 Å². The highest BCUT2D eigenvalue weighted by Crippen LogP contribution is 2.24. The fraction of sp³-hybridized carbons (Fsp3) is 0.0714. The minimum absolute atomic E-state index is 0.109. The van der Waals surface area contributed by atoms with E-state index in [1.165, 1.54) is 36.4 Å². The lowest BCUT2D eigenvalue weighted by Crippen LogP contribution is -2.14. The van der Waals surface area contributed by atoms with Crippen LogP contribution in [-0.4, -0.2) is 10.8 Å². The third kappa shape index (κ3) is 3.25. The van der Waals surface area contributed by atoms with E-state index >= 15 is 0 Å². The zero-order chi connectivity index (χ0) is 15.6. The largest absolute Gasteiger partial charge is 0.322 e. The first-order valence-corrected chi connectivity index (χ1v) is 6.70. The minimum Gasteiger partial charge on any atom is -0.322 e. The van der Waals surface area contributed by atoms with Gasteiger partial charge in [-0.25, -0.2) is 4.39 Å². The van der Waals surface area contributed by atoms with Crippen molar-refractivity contribution in [1.29, 1.82) is 0 Å². The number of aryl methyl sites for hydroxylation is 1. The third-order valence-corrected chi connectivity index (χ3v) is 3.47. The summed E-state index contributed by atoms with van der Waals surface area (Å²) >= 11 is 3.00. The molecule has 0 aliphatic carbocycles. The van der Waals surface area contributed by atoms with Crippen LogP contribution < -0.4 is 5.32 Å². The second kappa shape index (κ2) is 6.01. The quantitative estimate of drug-likeness (QED) is 0.668. The lowest BCUT2D eigenvalue weighted by atomic mass is 10.1. The maximum Gasteiger partial charge on any atom is 0.274 e. The van der Waals surface area contributed by atoms with E-state index in [-0.39, 0.29) is 21.4 Å². The number of halogens is 2. The predicted molar refractivity (Wildman–Crippen MR) is 79.9 cm³/mol. The van der Waals surface area contributed by atoms with Crippen molar-refractivity contribution in [2.24, 2.45) is 0 Å². The van der Waals surface area contributed by atoms with Gasteiger partial charge in [-0.05, 0) is 41.1 Å². The summed E-state index contributed by atoms with van der Waals surface area (Å²) in [6, 6.07) is 8.62. The van der Waals surface area contributed by atoms with E-state index in [1.807, 2.05) is 0 Å². The van der Waals surface area contributed by atoms with Gasteiger partial charge >= 0.3 is 0 Å². The molecule has 0 fully saturated rings. The van der Waals surface area contributed by atoms with Crippen molar-refractivity contribution in [3.05, 3.63) is 67.9 Å². The summed E-state index contributed by atoms with van der Waals surface area (Å²) in [5, 5.41) is 13.3. The van der Waals surface area contributed by atoms with E-state index in [2.05, 4.69) is 21.2 Å². The number of rotatable bonds is 3. The van der Waals surface area contributed by atoms with Crippen LogP contribution in [0.5, 0.6) is 0 Å². The normalized spacial score (nSPS) is 10.2. The molecule has 0 unspecified atom stereocenters. The Kier molecular flexibility index (Phi) is 4.32. The van der Waals surface area contributed by atoms with Gasteiger partial charge in [0.25, 0.3) is 11.6 Å². The number of anilines is 1. The predicted octanol–water partition coefficient (Wildman–Crippen LogP) is 4.06. The van der Waals surface area contributed by atoms with E-state index in [0.29, 0.717) is 5.56 Å².